The van der Waals surface area contributed by atoms with Gasteiger partial charge in [-0.1, -0.05) is 26.0 Å². The first-order valence-corrected chi connectivity index (χ1v) is 9.35. The van der Waals surface area contributed by atoms with Crippen molar-refractivity contribution in [2.75, 3.05) is 26.2 Å². The lowest BCUT2D eigenvalue weighted by Gasteiger charge is -2.25. The first-order chi connectivity index (χ1) is 10.9. The van der Waals surface area contributed by atoms with Crippen LogP contribution in [0.2, 0.25) is 0 Å². The van der Waals surface area contributed by atoms with E-state index in [-0.39, 0.29) is 11.5 Å². The number of rotatable bonds is 7. The molecule has 0 bridgehead atoms. The number of aromatic carboxylic acids is 1. The fraction of sp³-hybridized carbons (Fsp3) is 0.562. The van der Waals surface area contributed by atoms with E-state index in [1.165, 1.54) is 4.31 Å². The van der Waals surface area contributed by atoms with Crippen molar-refractivity contribution in [2.45, 2.75) is 26.7 Å². The van der Waals surface area contributed by atoms with Crippen molar-refractivity contribution in [1.29, 1.82) is 0 Å². The molecule has 1 aromatic rings. The minimum Gasteiger partial charge on any atom is -0.478 e. The third-order valence-electron chi connectivity index (χ3n) is 4.30. The molecule has 1 fully saturated rings. The van der Waals surface area contributed by atoms with Gasteiger partial charge in [-0.05, 0) is 36.5 Å². The summed E-state index contributed by atoms with van der Waals surface area (Å²) in [6, 6.07) is 6.87. The lowest BCUT2D eigenvalue weighted by molar-refractivity contribution is 0.0696. The van der Waals surface area contributed by atoms with Gasteiger partial charge in [-0.3, -0.25) is 0 Å². The van der Waals surface area contributed by atoms with E-state index in [0.29, 0.717) is 32.6 Å². The van der Waals surface area contributed by atoms with Crippen LogP contribution in [0.4, 0.5) is 0 Å². The Morgan fingerprint density at radius 2 is 2.04 bits per heavy atom. The van der Waals surface area contributed by atoms with Gasteiger partial charge in [0.1, 0.15) is 0 Å². The van der Waals surface area contributed by atoms with Crippen molar-refractivity contribution in [3.63, 3.8) is 0 Å². The number of benzene rings is 1. The van der Waals surface area contributed by atoms with Gasteiger partial charge in [0.25, 0.3) is 10.2 Å². The first-order valence-electron chi connectivity index (χ1n) is 7.96. The van der Waals surface area contributed by atoms with Gasteiger partial charge in [0.2, 0.25) is 0 Å². The Morgan fingerprint density at radius 1 is 1.35 bits per heavy atom. The Morgan fingerprint density at radius 3 is 2.65 bits per heavy atom. The monoisotopic (exact) mass is 340 g/mol. The highest BCUT2D eigenvalue weighted by atomic mass is 32.2. The highest BCUT2D eigenvalue weighted by Gasteiger charge is 2.34. The average molecular weight is 340 g/mol. The van der Waals surface area contributed by atoms with Crippen LogP contribution in [-0.2, 0) is 16.6 Å². The molecule has 7 heteroatoms. The molecule has 0 spiro atoms. The molecule has 1 atom stereocenters. The zero-order chi connectivity index (χ0) is 17.0. The summed E-state index contributed by atoms with van der Waals surface area (Å²) in [6.45, 7) is 5.65. The number of carbonyl (C=O) groups is 1. The van der Waals surface area contributed by atoms with Crippen molar-refractivity contribution in [3.05, 3.63) is 35.4 Å². The van der Waals surface area contributed by atoms with Crippen LogP contribution in [0.25, 0.3) is 0 Å². The van der Waals surface area contributed by atoms with Crippen LogP contribution < -0.4 is 0 Å². The number of hydrogen-bond donors (Lipinski definition) is 1. The smallest absolute Gasteiger partial charge is 0.335 e. The number of carboxylic acids is 1. The van der Waals surface area contributed by atoms with Crippen LogP contribution in [0.15, 0.2) is 24.3 Å². The van der Waals surface area contributed by atoms with Gasteiger partial charge in [0.05, 0.1) is 5.56 Å². The van der Waals surface area contributed by atoms with E-state index >= 15 is 0 Å². The minimum atomic E-state index is -3.38. The SMILES string of the molecule is CCN(CC)S(=O)(=O)N1CCC(Cc2cccc(C(=O)O)c2)C1. The molecule has 1 saturated heterocycles. The summed E-state index contributed by atoms with van der Waals surface area (Å²) in [5.74, 6) is -0.714. The van der Waals surface area contributed by atoms with Crippen molar-refractivity contribution in [3.8, 4) is 0 Å². The van der Waals surface area contributed by atoms with Crippen LogP contribution in [0.3, 0.4) is 0 Å². The third-order valence-corrected chi connectivity index (χ3v) is 6.46. The highest BCUT2D eigenvalue weighted by Crippen LogP contribution is 2.25. The molecule has 1 N–H and O–H groups in total. The normalized spacial score (nSPS) is 19.3. The second kappa shape index (κ2) is 7.42. The lowest BCUT2D eigenvalue weighted by Crippen LogP contribution is -2.42. The summed E-state index contributed by atoms with van der Waals surface area (Å²) in [7, 11) is -3.38. The molecule has 0 saturated carbocycles. The Balaban J connectivity index is 2.03. The Bertz CT molecular complexity index is 656. The predicted molar refractivity (Wildman–Crippen MR) is 88.6 cm³/mol. The van der Waals surface area contributed by atoms with E-state index in [2.05, 4.69) is 0 Å². The van der Waals surface area contributed by atoms with E-state index in [0.717, 1.165) is 12.0 Å². The maximum absolute atomic E-state index is 12.5. The van der Waals surface area contributed by atoms with E-state index in [1.807, 2.05) is 19.9 Å². The average Bonchev–Trinajstić information content (AvgIpc) is 2.97. The molecular formula is C16H24N2O4S. The van der Waals surface area contributed by atoms with E-state index in [4.69, 9.17) is 5.11 Å². The number of carboxylic acid groups (broad SMARTS) is 1. The Labute approximate surface area is 137 Å². The summed E-state index contributed by atoms with van der Waals surface area (Å²) in [5.41, 5.74) is 1.21. The molecule has 1 aliphatic rings. The molecule has 6 nitrogen and oxygen atoms in total. The molecule has 1 heterocycles. The van der Waals surface area contributed by atoms with Crippen LogP contribution in [0.1, 0.15) is 36.2 Å². The van der Waals surface area contributed by atoms with Crippen LogP contribution in [-0.4, -0.2) is 54.3 Å². The zero-order valence-electron chi connectivity index (χ0n) is 13.6. The summed E-state index contributed by atoms with van der Waals surface area (Å²) < 4.78 is 28.0. The molecule has 0 radical (unpaired) electrons. The van der Waals surface area contributed by atoms with Crippen molar-refractivity contribution in [2.24, 2.45) is 5.92 Å². The highest BCUT2D eigenvalue weighted by molar-refractivity contribution is 7.86. The number of nitrogens with zero attached hydrogens (tertiary/aromatic N) is 2. The molecule has 1 aliphatic heterocycles. The maximum atomic E-state index is 12.5. The van der Waals surface area contributed by atoms with Gasteiger partial charge in [-0.2, -0.15) is 17.0 Å². The van der Waals surface area contributed by atoms with Gasteiger partial charge >= 0.3 is 5.97 Å². The summed E-state index contributed by atoms with van der Waals surface area (Å²) >= 11 is 0. The predicted octanol–water partition coefficient (Wildman–Crippen LogP) is 1.84. The largest absolute Gasteiger partial charge is 0.478 e. The van der Waals surface area contributed by atoms with Crippen LogP contribution in [0.5, 0.6) is 0 Å². The second-order valence-corrected chi connectivity index (χ2v) is 7.74. The number of hydrogen-bond acceptors (Lipinski definition) is 3. The standard InChI is InChI=1S/C16H24N2O4S/c1-3-17(4-2)23(21,22)18-9-8-14(12-18)10-13-6-5-7-15(11-13)16(19)20/h5-7,11,14H,3-4,8-10,12H2,1-2H3,(H,19,20). The van der Waals surface area contributed by atoms with Gasteiger partial charge in [0, 0.05) is 26.2 Å². The molecule has 0 aromatic heterocycles. The van der Waals surface area contributed by atoms with E-state index < -0.39 is 16.2 Å². The summed E-state index contributed by atoms with van der Waals surface area (Å²) in [4.78, 5) is 11.0. The molecular weight excluding hydrogens is 316 g/mol. The quantitative estimate of drug-likeness (QED) is 0.821. The molecule has 23 heavy (non-hydrogen) atoms. The van der Waals surface area contributed by atoms with Gasteiger partial charge < -0.3 is 5.11 Å². The first kappa shape index (κ1) is 17.9. The topological polar surface area (TPSA) is 77.9 Å². The molecule has 1 unspecified atom stereocenters. The lowest BCUT2D eigenvalue weighted by atomic mass is 9.97. The fourth-order valence-electron chi connectivity index (χ4n) is 3.05. The van der Waals surface area contributed by atoms with Crippen molar-refractivity contribution < 1.29 is 18.3 Å². The molecule has 1 aromatic carbocycles. The zero-order valence-corrected chi connectivity index (χ0v) is 14.4. The fourth-order valence-corrected chi connectivity index (χ4v) is 4.77. The molecule has 2 rings (SSSR count). The Hall–Kier alpha value is -1.44. The Kier molecular flexibility index (Phi) is 5.78. The minimum absolute atomic E-state index is 0.226. The van der Waals surface area contributed by atoms with Gasteiger partial charge in [-0.25, -0.2) is 4.79 Å². The van der Waals surface area contributed by atoms with Crippen molar-refractivity contribution in [1.82, 2.24) is 8.61 Å². The van der Waals surface area contributed by atoms with Crippen molar-refractivity contribution >= 4 is 16.2 Å². The molecule has 128 valence electrons. The summed E-state index contributed by atoms with van der Waals surface area (Å²) in [6.07, 6.45) is 1.50. The van der Waals surface area contributed by atoms with E-state index in [1.54, 1.807) is 22.5 Å². The van der Waals surface area contributed by atoms with Gasteiger partial charge in [-0.15, -0.1) is 0 Å². The second-order valence-electron chi connectivity index (χ2n) is 5.81. The maximum Gasteiger partial charge on any atom is 0.335 e. The molecule has 0 amide bonds. The third kappa shape index (κ3) is 4.10. The van der Waals surface area contributed by atoms with Gasteiger partial charge in [0.15, 0.2) is 0 Å². The molecule has 0 aliphatic carbocycles. The van der Waals surface area contributed by atoms with E-state index in [9.17, 15) is 13.2 Å². The van der Waals surface area contributed by atoms with Crippen LogP contribution >= 0.6 is 0 Å². The summed E-state index contributed by atoms with van der Waals surface area (Å²) in [5, 5.41) is 9.04. The van der Waals surface area contributed by atoms with Crippen LogP contribution in [0, 0.1) is 5.92 Å².